The summed E-state index contributed by atoms with van der Waals surface area (Å²) in [4.78, 5) is 11.2. The number of alkyl halides is 1. The van der Waals surface area contributed by atoms with Gasteiger partial charge in [0.15, 0.2) is 0 Å². The van der Waals surface area contributed by atoms with E-state index in [1.165, 1.54) is 0 Å². The Morgan fingerprint density at radius 1 is 1.15 bits per heavy atom. The lowest BCUT2D eigenvalue weighted by Gasteiger charge is -2.10. The fourth-order valence-corrected chi connectivity index (χ4v) is 1.89. The molecule has 0 saturated carbocycles. The fraction of sp³-hybridized carbons (Fsp3) is 0.188. The van der Waals surface area contributed by atoms with E-state index in [9.17, 15) is 4.79 Å². The minimum atomic E-state index is -0.225. The molecule has 104 valence electrons. The third-order valence-corrected chi connectivity index (χ3v) is 3.08. The number of para-hydroxylation sites is 1. The van der Waals surface area contributed by atoms with Gasteiger partial charge in [-0.05, 0) is 42.3 Å². The van der Waals surface area contributed by atoms with Gasteiger partial charge in [0, 0.05) is 5.69 Å². The van der Waals surface area contributed by atoms with E-state index in [0.29, 0.717) is 5.69 Å². The molecule has 0 aliphatic rings. The van der Waals surface area contributed by atoms with Crippen molar-refractivity contribution in [2.24, 2.45) is 0 Å². The number of halogens is 1. The predicted molar refractivity (Wildman–Crippen MR) is 81.7 cm³/mol. The second kappa shape index (κ2) is 6.96. The van der Waals surface area contributed by atoms with Gasteiger partial charge in [0.1, 0.15) is 17.4 Å². The molecule has 0 atom stereocenters. The van der Waals surface area contributed by atoms with Gasteiger partial charge in [-0.2, -0.15) is 0 Å². The molecule has 20 heavy (non-hydrogen) atoms. The molecule has 0 saturated heterocycles. The SMILES string of the molecule is CCc1ccccc1Oc1ccc(NC(=O)CCl)cc1. The molecule has 4 heteroatoms. The molecule has 2 aromatic carbocycles. The molecule has 0 aliphatic carbocycles. The van der Waals surface area contributed by atoms with E-state index < -0.39 is 0 Å². The number of carbonyl (C=O) groups is 1. The average molecular weight is 290 g/mol. The van der Waals surface area contributed by atoms with E-state index >= 15 is 0 Å². The highest BCUT2D eigenvalue weighted by Gasteiger charge is 2.04. The van der Waals surface area contributed by atoms with Crippen molar-refractivity contribution in [2.75, 3.05) is 11.2 Å². The Morgan fingerprint density at radius 2 is 1.85 bits per heavy atom. The van der Waals surface area contributed by atoms with Crippen LogP contribution in [-0.4, -0.2) is 11.8 Å². The van der Waals surface area contributed by atoms with Crippen molar-refractivity contribution in [3.63, 3.8) is 0 Å². The third-order valence-electron chi connectivity index (χ3n) is 2.84. The maximum absolute atomic E-state index is 11.2. The van der Waals surface area contributed by atoms with Crippen LogP contribution in [-0.2, 0) is 11.2 Å². The summed E-state index contributed by atoms with van der Waals surface area (Å²) < 4.78 is 5.85. The highest BCUT2D eigenvalue weighted by atomic mass is 35.5. The zero-order valence-electron chi connectivity index (χ0n) is 11.2. The van der Waals surface area contributed by atoms with E-state index in [-0.39, 0.29) is 11.8 Å². The van der Waals surface area contributed by atoms with Crippen molar-refractivity contribution in [1.82, 2.24) is 0 Å². The molecule has 0 unspecified atom stereocenters. The van der Waals surface area contributed by atoms with Crippen molar-refractivity contribution < 1.29 is 9.53 Å². The summed E-state index contributed by atoms with van der Waals surface area (Å²) in [5.74, 6) is 1.31. The number of hydrogen-bond donors (Lipinski definition) is 1. The van der Waals surface area contributed by atoms with Gasteiger partial charge in [0.05, 0.1) is 0 Å². The quantitative estimate of drug-likeness (QED) is 0.837. The van der Waals surface area contributed by atoms with Crippen LogP contribution in [0.25, 0.3) is 0 Å². The van der Waals surface area contributed by atoms with Crippen LogP contribution >= 0.6 is 11.6 Å². The zero-order valence-corrected chi connectivity index (χ0v) is 12.0. The molecule has 2 aromatic rings. The predicted octanol–water partition coefficient (Wildman–Crippen LogP) is 4.22. The van der Waals surface area contributed by atoms with Gasteiger partial charge in [-0.1, -0.05) is 25.1 Å². The van der Waals surface area contributed by atoms with E-state index in [1.807, 2.05) is 36.4 Å². The number of benzene rings is 2. The van der Waals surface area contributed by atoms with Crippen molar-refractivity contribution in [3.05, 3.63) is 54.1 Å². The van der Waals surface area contributed by atoms with Gasteiger partial charge in [-0.3, -0.25) is 4.79 Å². The highest BCUT2D eigenvalue weighted by molar-refractivity contribution is 6.29. The molecule has 0 aliphatic heterocycles. The Bertz CT molecular complexity index is 581. The van der Waals surface area contributed by atoms with Crippen molar-refractivity contribution in [3.8, 4) is 11.5 Å². The smallest absolute Gasteiger partial charge is 0.239 e. The van der Waals surface area contributed by atoms with Crippen LogP contribution in [0.15, 0.2) is 48.5 Å². The van der Waals surface area contributed by atoms with E-state index in [4.69, 9.17) is 16.3 Å². The van der Waals surface area contributed by atoms with Crippen molar-refractivity contribution >= 4 is 23.2 Å². The lowest BCUT2D eigenvalue weighted by molar-refractivity contribution is -0.113. The van der Waals surface area contributed by atoms with Crippen LogP contribution in [0.3, 0.4) is 0 Å². The minimum Gasteiger partial charge on any atom is -0.457 e. The summed E-state index contributed by atoms with van der Waals surface area (Å²) in [5, 5.41) is 2.68. The molecule has 3 nitrogen and oxygen atoms in total. The van der Waals surface area contributed by atoms with E-state index in [2.05, 4.69) is 12.2 Å². The number of carbonyl (C=O) groups excluding carboxylic acids is 1. The molecule has 0 radical (unpaired) electrons. The van der Waals surface area contributed by atoms with Crippen LogP contribution in [0.1, 0.15) is 12.5 Å². The van der Waals surface area contributed by atoms with E-state index in [0.717, 1.165) is 23.5 Å². The maximum atomic E-state index is 11.2. The van der Waals surface area contributed by atoms with Gasteiger partial charge in [0.25, 0.3) is 0 Å². The molecule has 1 N–H and O–H groups in total. The molecule has 2 rings (SSSR count). The Kier molecular flexibility index (Phi) is 5.02. The number of ether oxygens (including phenoxy) is 1. The molecule has 0 bridgehead atoms. The second-order valence-electron chi connectivity index (χ2n) is 4.27. The standard InChI is InChI=1S/C16H16ClNO2/c1-2-12-5-3-4-6-15(12)20-14-9-7-13(8-10-14)18-16(19)11-17/h3-10H,2,11H2,1H3,(H,18,19). The molecule has 1 amide bonds. The number of anilines is 1. The van der Waals surface area contributed by atoms with Crippen LogP contribution in [0.2, 0.25) is 0 Å². The Labute approximate surface area is 123 Å². The van der Waals surface area contributed by atoms with Crippen LogP contribution < -0.4 is 10.1 Å². The first kappa shape index (κ1) is 14.4. The molecule has 0 heterocycles. The summed E-state index contributed by atoms with van der Waals surface area (Å²) in [6.07, 6.45) is 0.917. The Hall–Kier alpha value is -2.00. The lowest BCUT2D eigenvalue weighted by atomic mass is 10.1. The average Bonchev–Trinajstić information content (AvgIpc) is 2.49. The first-order valence-electron chi connectivity index (χ1n) is 6.44. The Balaban J connectivity index is 2.09. The number of nitrogens with one attached hydrogen (secondary N) is 1. The molecule has 0 fully saturated rings. The Morgan fingerprint density at radius 3 is 2.50 bits per heavy atom. The van der Waals surface area contributed by atoms with Crippen LogP contribution in [0.5, 0.6) is 11.5 Å². The summed E-state index contributed by atoms with van der Waals surface area (Å²) >= 11 is 5.44. The second-order valence-corrected chi connectivity index (χ2v) is 4.54. The number of amides is 1. The van der Waals surface area contributed by atoms with Crippen LogP contribution in [0, 0.1) is 0 Å². The largest absolute Gasteiger partial charge is 0.457 e. The molecular formula is C16H16ClNO2. The summed E-state index contributed by atoms with van der Waals surface area (Å²) in [6.45, 7) is 2.09. The van der Waals surface area contributed by atoms with Crippen LogP contribution in [0.4, 0.5) is 5.69 Å². The molecule has 0 spiro atoms. The first-order chi connectivity index (χ1) is 9.72. The number of rotatable bonds is 5. The number of hydrogen-bond acceptors (Lipinski definition) is 2. The molecular weight excluding hydrogens is 274 g/mol. The van der Waals surface area contributed by atoms with Gasteiger partial charge in [-0.15, -0.1) is 11.6 Å². The summed E-state index contributed by atoms with van der Waals surface area (Å²) in [6, 6.07) is 15.1. The zero-order chi connectivity index (χ0) is 14.4. The minimum absolute atomic E-state index is 0.0534. The fourth-order valence-electron chi connectivity index (χ4n) is 1.82. The maximum Gasteiger partial charge on any atom is 0.239 e. The van der Waals surface area contributed by atoms with Gasteiger partial charge in [0.2, 0.25) is 5.91 Å². The van der Waals surface area contributed by atoms with Crippen molar-refractivity contribution in [2.45, 2.75) is 13.3 Å². The summed E-state index contributed by atoms with van der Waals surface area (Å²) in [5.41, 5.74) is 1.86. The van der Waals surface area contributed by atoms with E-state index in [1.54, 1.807) is 12.1 Å². The van der Waals surface area contributed by atoms with Crippen molar-refractivity contribution in [1.29, 1.82) is 0 Å². The summed E-state index contributed by atoms with van der Waals surface area (Å²) in [7, 11) is 0. The topological polar surface area (TPSA) is 38.3 Å². The first-order valence-corrected chi connectivity index (χ1v) is 6.98. The monoisotopic (exact) mass is 289 g/mol. The highest BCUT2D eigenvalue weighted by Crippen LogP contribution is 2.26. The normalized spacial score (nSPS) is 10.1. The van der Waals surface area contributed by atoms with Gasteiger partial charge in [-0.25, -0.2) is 0 Å². The third kappa shape index (κ3) is 3.75. The van der Waals surface area contributed by atoms with Gasteiger partial charge < -0.3 is 10.1 Å². The lowest BCUT2D eigenvalue weighted by Crippen LogP contribution is -2.12. The molecule has 0 aromatic heterocycles. The number of aryl methyl sites for hydroxylation is 1. The van der Waals surface area contributed by atoms with Gasteiger partial charge >= 0.3 is 0 Å².